The Kier molecular flexibility index (Phi) is 7.60. The van der Waals surface area contributed by atoms with Crippen molar-refractivity contribution in [3.8, 4) is 0 Å². The maximum absolute atomic E-state index is 11.0. The van der Waals surface area contributed by atoms with Crippen LogP contribution >= 0.6 is 12.4 Å². The third kappa shape index (κ3) is 5.14. The molecule has 0 radical (unpaired) electrons. The molecule has 0 heterocycles. The maximum Gasteiger partial charge on any atom is 0.219 e. The average Bonchev–Trinajstić information content (AvgIpc) is 2.28. The highest BCUT2D eigenvalue weighted by atomic mass is 35.5. The van der Waals surface area contributed by atoms with Crippen LogP contribution in [0.15, 0.2) is 24.3 Å². The van der Waals surface area contributed by atoms with Crippen molar-refractivity contribution in [1.29, 1.82) is 0 Å². The van der Waals surface area contributed by atoms with Crippen LogP contribution < -0.4 is 10.6 Å². The summed E-state index contributed by atoms with van der Waals surface area (Å²) in [5, 5.41) is 5.94. The van der Waals surface area contributed by atoms with Gasteiger partial charge in [-0.15, -0.1) is 12.4 Å². The molecule has 90 valence electrons. The molecule has 2 N–H and O–H groups in total. The summed E-state index contributed by atoms with van der Waals surface area (Å²) < 4.78 is 0. The quantitative estimate of drug-likeness (QED) is 0.828. The van der Waals surface area contributed by atoms with Crippen molar-refractivity contribution in [3.05, 3.63) is 35.4 Å². The molecule has 0 spiro atoms. The van der Waals surface area contributed by atoms with Gasteiger partial charge >= 0.3 is 0 Å². The molecule has 0 saturated heterocycles. The zero-order valence-electron chi connectivity index (χ0n) is 9.75. The topological polar surface area (TPSA) is 41.1 Å². The zero-order valence-corrected chi connectivity index (χ0v) is 10.6. The van der Waals surface area contributed by atoms with Gasteiger partial charge in [-0.2, -0.15) is 0 Å². The van der Waals surface area contributed by atoms with E-state index in [9.17, 15) is 4.79 Å². The Bertz CT molecular complexity index is 311. The second kappa shape index (κ2) is 8.13. The van der Waals surface area contributed by atoms with Crippen LogP contribution in [-0.4, -0.2) is 13.0 Å². The SMILES string of the molecule is CCC(=O)NCc1ccc(CNC)cc1.Cl. The lowest BCUT2D eigenvalue weighted by Gasteiger charge is -2.05. The molecular weight excluding hydrogens is 224 g/mol. The van der Waals surface area contributed by atoms with Crippen molar-refractivity contribution in [2.45, 2.75) is 26.4 Å². The summed E-state index contributed by atoms with van der Waals surface area (Å²) >= 11 is 0. The molecule has 0 atom stereocenters. The van der Waals surface area contributed by atoms with Crippen LogP contribution in [0.4, 0.5) is 0 Å². The van der Waals surface area contributed by atoms with Crippen molar-refractivity contribution >= 4 is 18.3 Å². The van der Waals surface area contributed by atoms with E-state index < -0.39 is 0 Å². The highest BCUT2D eigenvalue weighted by Crippen LogP contribution is 2.03. The van der Waals surface area contributed by atoms with E-state index in [-0.39, 0.29) is 18.3 Å². The molecule has 0 aromatic heterocycles. The molecule has 1 rings (SSSR count). The van der Waals surface area contributed by atoms with E-state index in [0.717, 1.165) is 12.1 Å². The number of halogens is 1. The van der Waals surface area contributed by atoms with Gasteiger partial charge in [-0.05, 0) is 18.2 Å². The monoisotopic (exact) mass is 242 g/mol. The summed E-state index contributed by atoms with van der Waals surface area (Å²) in [5.74, 6) is 0.0919. The summed E-state index contributed by atoms with van der Waals surface area (Å²) in [4.78, 5) is 11.0. The highest BCUT2D eigenvalue weighted by Gasteiger charge is 1.97. The zero-order chi connectivity index (χ0) is 11.1. The summed E-state index contributed by atoms with van der Waals surface area (Å²) in [7, 11) is 1.93. The molecule has 1 aromatic carbocycles. The molecule has 0 aliphatic carbocycles. The fourth-order valence-electron chi connectivity index (χ4n) is 1.30. The molecular formula is C12H19ClN2O. The number of hydrogen-bond donors (Lipinski definition) is 2. The number of carbonyl (C=O) groups excluding carboxylic acids is 1. The Morgan fingerprint density at radius 2 is 1.62 bits per heavy atom. The van der Waals surface area contributed by atoms with Gasteiger partial charge in [0.25, 0.3) is 0 Å². The van der Waals surface area contributed by atoms with Crippen molar-refractivity contribution in [3.63, 3.8) is 0 Å². The Balaban J connectivity index is 0.00000225. The van der Waals surface area contributed by atoms with Gasteiger partial charge in [0.2, 0.25) is 5.91 Å². The number of rotatable bonds is 5. The van der Waals surface area contributed by atoms with E-state index in [1.807, 2.05) is 26.1 Å². The summed E-state index contributed by atoms with van der Waals surface area (Å²) in [6.07, 6.45) is 0.540. The normalized spacial score (nSPS) is 9.38. The fourth-order valence-corrected chi connectivity index (χ4v) is 1.30. The van der Waals surface area contributed by atoms with Crippen LogP contribution in [0.1, 0.15) is 24.5 Å². The number of hydrogen-bond acceptors (Lipinski definition) is 2. The molecule has 0 fully saturated rings. The molecule has 4 heteroatoms. The minimum atomic E-state index is 0. The minimum Gasteiger partial charge on any atom is -0.352 e. The fraction of sp³-hybridized carbons (Fsp3) is 0.417. The number of benzene rings is 1. The first-order valence-electron chi connectivity index (χ1n) is 5.25. The van der Waals surface area contributed by atoms with E-state index in [4.69, 9.17) is 0 Å². The third-order valence-electron chi connectivity index (χ3n) is 2.21. The largest absolute Gasteiger partial charge is 0.352 e. The van der Waals surface area contributed by atoms with Gasteiger partial charge in [0.1, 0.15) is 0 Å². The standard InChI is InChI=1S/C12H18N2O.ClH/c1-3-12(15)14-9-11-6-4-10(5-7-11)8-13-2;/h4-7,13H,3,8-9H2,1-2H3,(H,14,15);1H. The van der Waals surface area contributed by atoms with E-state index in [2.05, 4.69) is 22.8 Å². The molecule has 0 aliphatic rings. The van der Waals surface area contributed by atoms with Gasteiger partial charge in [0.05, 0.1) is 0 Å². The lowest BCUT2D eigenvalue weighted by molar-refractivity contribution is -0.120. The smallest absolute Gasteiger partial charge is 0.219 e. The molecule has 0 aliphatic heterocycles. The summed E-state index contributed by atoms with van der Waals surface area (Å²) in [6, 6.07) is 8.24. The third-order valence-corrected chi connectivity index (χ3v) is 2.21. The molecule has 0 bridgehead atoms. The van der Waals surface area contributed by atoms with Gasteiger partial charge in [0, 0.05) is 19.5 Å². The lowest BCUT2D eigenvalue weighted by atomic mass is 10.1. The first kappa shape index (κ1) is 14.9. The summed E-state index contributed by atoms with van der Waals surface area (Å²) in [5.41, 5.74) is 2.39. The number of carbonyl (C=O) groups is 1. The van der Waals surface area contributed by atoms with Crippen molar-refractivity contribution in [2.75, 3.05) is 7.05 Å². The Morgan fingerprint density at radius 3 is 2.06 bits per heavy atom. The predicted octanol–water partition coefficient (Wildman–Crippen LogP) is 1.85. The second-order valence-corrected chi connectivity index (χ2v) is 3.48. The van der Waals surface area contributed by atoms with E-state index in [0.29, 0.717) is 13.0 Å². The molecule has 3 nitrogen and oxygen atoms in total. The minimum absolute atomic E-state index is 0. The molecule has 0 unspecified atom stereocenters. The predicted molar refractivity (Wildman–Crippen MR) is 68.6 cm³/mol. The van der Waals surface area contributed by atoms with Gasteiger partial charge in [-0.1, -0.05) is 31.2 Å². The van der Waals surface area contributed by atoms with Crippen molar-refractivity contribution in [1.82, 2.24) is 10.6 Å². The van der Waals surface area contributed by atoms with Gasteiger partial charge in [-0.25, -0.2) is 0 Å². The van der Waals surface area contributed by atoms with Crippen LogP contribution in [0, 0.1) is 0 Å². The number of amides is 1. The van der Waals surface area contributed by atoms with Gasteiger partial charge < -0.3 is 10.6 Å². The lowest BCUT2D eigenvalue weighted by Crippen LogP contribution is -2.21. The van der Waals surface area contributed by atoms with Crippen molar-refractivity contribution < 1.29 is 4.79 Å². The van der Waals surface area contributed by atoms with E-state index in [1.165, 1.54) is 5.56 Å². The van der Waals surface area contributed by atoms with E-state index >= 15 is 0 Å². The van der Waals surface area contributed by atoms with Crippen LogP contribution in [0.5, 0.6) is 0 Å². The molecule has 16 heavy (non-hydrogen) atoms. The molecule has 1 amide bonds. The Hall–Kier alpha value is -1.06. The van der Waals surface area contributed by atoms with Crippen molar-refractivity contribution in [2.24, 2.45) is 0 Å². The molecule has 1 aromatic rings. The molecule has 0 saturated carbocycles. The Labute approximate surface area is 103 Å². The van der Waals surface area contributed by atoms with Crippen LogP contribution in [0.25, 0.3) is 0 Å². The van der Waals surface area contributed by atoms with Crippen LogP contribution in [0.2, 0.25) is 0 Å². The van der Waals surface area contributed by atoms with Gasteiger partial charge in [-0.3, -0.25) is 4.79 Å². The number of nitrogens with one attached hydrogen (secondary N) is 2. The Morgan fingerprint density at radius 1 is 1.12 bits per heavy atom. The van der Waals surface area contributed by atoms with Crippen LogP contribution in [-0.2, 0) is 17.9 Å². The van der Waals surface area contributed by atoms with Crippen LogP contribution in [0.3, 0.4) is 0 Å². The average molecular weight is 243 g/mol. The van der Waals surface area contributed by atoms with E-state index in [1.54, 1.807) is 0 Å². The second-order valence-electron chi connectivity index (χ2n) is 3.48. The first-order valence-corrected chi connectivity index (χ1v) is 5.25. The first-order chi connectivity index (χ1) is 7.26. The van der Waals surface area contributed by atoms with Gasteiger partial charge in [0.15, 0.2) is 0 Å². The maximum atomic E-state index is 11.0. The summed E-state index contributed by atoms with van der Waals surface area (Å²) in [6.45, 7) is 3.35. The highest BCUT2D eigenvalue weighted by molar-refractivity contribution is 5.85.